The van der Waals surface area contributed by atoms with E-state index in [1.807, 2.05) is 5.32 Å². The number of hydrogen-bond donors (Lipinski definition) is 2. The summed E-state index contributed by atoms with van der Waals surface area (Å²) in [5.41, 5.74) is 6.14. The van der Waals surface area contributed by atoms with Gasteiger partial charge in [0.15, 0.2) is 5.11 Å². The predicted octanol–water partition coefficient (Wildman–Crippen LogP) is -1.61. The third-order valence-electron chi connectivity index (χ3n) is 0.770. The number of amides is 2. The largest absolute Gasteiger partial charge is 0.530 e. The first-order valence-corrected chi connectivity index (χ1v) is 2.72. The average Bonchev–Trinajstić information content (AvgIpc) is 1.87. The average molecular weight is 158 g/mol. The summed E-state index contributed by atoms with van der Waals surface area (Å²) >= 11 is 0. The van der Waals surface area contributed by atoms with E-state index in [1.54, 1.807) is 0 Å². The highest BCUT2D eigenvalue weighted by molar-refractivity contribution is 5.76. The Balaban J connectivity index is 3.47. The maximum atomic E-state index is 10.4. The second kappa shape index (κ2) is 5.07. The van der Waals surface area contributed by atoms with Gasteiger partial charge in [-0.3, -0.25) is 4.79 Å². The molecule has 0 saturated carbocycles. The molecule has 0 aromatic heterocycles. The Hall–Kier alpha value is -1.75. The standard InChI is InChI=1S/C4H6N4O3/c5-8-7-3(9)1-2-6-4(10)11/h5-6H,1-2H2. The van der Waals surface area contributed by atoms with E-state index in [4.69, 9.17) is 5.53 Å². The number of nitrogens with one attached hydrogen (secondary N) is 2. The fourth-order valence-electron chi connectivity index (χ4n) is 0.377. The zero-order valence-electron chi connectivity index (χ0n) is 5.53. The molecule has 11 heavy (non-hydrogen) atoms. The van der Waals surface area contributed by atoms with E-state index < -0.39 is 12.0 Å². The van der Waals surface area contributed by atoms with Crippen LogP contribution in [0.2, 0.25) is 0 Å². The van der Waals surface area contributed by atoms with Crippen molar-refractivity contribution in [2.24, 2.45) is 5.11 Å². The Bertz CT molecular complexity index is 207. The van der Waals surface area contributed by atoms with E-state index in [0.717, 1.165) is 0 Å². The van der Waals surface area contributed by atoms with Gasteiger partial charge in [0, 0.05) is 6.54 Å². The molecular formula is C4H6N4O3. The van der Waals surface area contributed by atoms with Gasteiger partial charge in [0.1, 0.15) is 11.6 Å². The zero-order valence-corrected chi connectivity index (χ0v) is 5.53. The van der Waals surface area contributed by atoms with Crippen LogP contribution in [0.4, 0.5) is 4.79 Å². The molecule has 0 aromatic carbocycles. The minimum Gasteiger partial charge on any atom is -0.530 e. The molecule has 7 heteroatoms. The fraction of sp³-hybridized carbons (Fsp3) is 0.500. The van der Waals surface area contributed by atoms with Crippen molar-refractivity contribution in [1.82, 2.24) is 10.2 Å². The van der Waals surface area contributed by atoms with Gasteiger partial charge in [0.2, 0.25) is 4.91 Å². The molecular weight excluding hydrogens is 152 g/mol. The van der Waals surface area contributed by atoms with Crippen LogP contribution in [0.15, 0.2) is 5.11 Å². The molecule has 60 valence electrons. The van der Waals surface area contributed by atoms with Gasteiger partial charge in [-0.1, -0.05) is 0 Å². The SMILES string of the molecule is N=[N+]=NC(=O)CCNC(=O)[O-]. The maximum Gasteiger partial charge on any atom is 0.331 e. The summed E-state index contributed by atoms with van der Waals surface area (Å²) in [6.07, 6.45) is -1.56. The van der Waals surface area contributed by atoms with E-state index in [1.165, 1.54) is 0 Å². The lowest BCUT2D eigenvalue weighted by molar-refractivity contribution is -0.250. The number of hydrogen-bond acceptors (Lipinski definition) is 4. The van der Waals surface area contributed by atoms with E-state index in [0.29, 0.717) is 0 Å². The second-order valence-electron chi connectivity index (χ2n) is 1.56. The Labute approximate surface area is 61.6 Å². The predicted molar refractivity (Wildman–Crippen MR) is 30.3 cm³/mol. The zero-order chi connectivity index (χ0) is 8.69. The molecule has 0 unspecified atom stereocenters. The summed E-state index contributed by atoms with van der Waals surface area (Å²) in [7, 11) is 0. The van der Waals surface area contributed by atoms with Crippen LogP contribution < -0.4 is 15.3 Å². The van der Waals surface area contributed by atoms with E-state index in [9.17, 15) is 14.7 Å². The molecule has 2 N–H and O–H groups in total. The van der Waals surface area contributed by atoms with Crippen LogP contribution in [0.3, 0.4) is 0 Å². The summed E-state index contributed by atoms with van der Waals surface area (Å²) in [4.78, 5) is 22.6. The van der Waals surface area contributed by atoms with Crippen molar-refractivity contribution in [3.05, 3.63) is 0 Å². The summed E-state index contributed by atoms with van der Waals surface area (Å²) in [5.74, 6) is -0.645. The van der Waals surface area contributed by atoms with Crippen molar-refractivity contribution in [2.45, 2.75) is 6.42 Å². The highest BCUT2D eigenvalue weighted by Gasteiger charge is 2.03. The Morgan fingerprint density at radius 2 is 2.27 bits per heavy atom. The lowest BCUT2D eigenvalue weighted by atomic mass is 10.4. The van der Waals surface area contributed by atoms with Gasteiger partial charge in [0.05, 0.1) is 6.42 Å². The van der Waals surface area contributed by atoms with Gasteiger partial charge < -0.3 is 15.2 Å². The van der Waals surface area contributed by atoms with Crippen molar-refractivity contribution in [3.8, 4) is 0 Å². The smallest absolute Gasteiger partial charge is 0.331 e. The number of carbonyl (C=O) groups is 2. The van der Waals surface area contributed by atoms with Crippen molar-refractivity contribution < 1.29 is 14.7 Å². The molecule has 0 aromatic rings. The van der Waals surface area contributed by atoms with Gasteiger partial charge in [-0.05, 0) is 0 Å². The Morgan fingerprint density at radius 3 is 2.73 bits per heavy atom. The van der Waals surface area contributed by atoms with Crippen LogP contribution >= 0.6 is 0 Å². The highest BCUT2D eigenvalue weighted by atomic mass is 16.4. The summed E-state index contributed by atoms with van der Waals surface area (Å²) < 4.78 is 0. The third-order valence-corrected chi connectivity index (χ3v) is 0.770. The molecule has 0 bridgehead atoms. The van der Waals surface area contributed by atoms with E-state index >= 15 is 0 Å². The van der Waals surface area contributed by atoms with Crippen molar-refractivity contribution >= 4 is 12.0 Å². The van der Waals surface area contributed by atoms with Gasteiger partial charge in [-0.2, -0.15) is 0 Å². The molecule has 7 nitrogen and oxygen atoms in total. The normalized spacial score (nSPS) is 8.00. The second-order valence-corrected chi connectivity index (χ2v) is 1.56. The van der Waals surface area contributed by atoms with Crippen LogP contribution in [0, 0.1) is 5.53 Å². The first-order valence-electron chi connectivity index (χ1n) is 2.72. The lowest BCUT2D eigenvalue weighted by Gasteiger charge is -2.01. The molecule has 0 aliphatic rings. The van der Waals surface area contributed by atoms with Crippen LogP contribution in [0.1, 0.15) is 6.42 Å². The molecule has 0 rings (SSSR count). The fourth-order valence-corrected chi connectivity index (χ4v) is 0.377. The Kier molecular flexibility index (Phi) is 4.26. The summed E-state index contributed by atoms with van der Waals surface area (Å²) in [6, 6.07) is 0. The monoisotopic (exact) mass is 158 g/mol. The van der Waals surface area contributed by atoms with Crippen LogP contribution in [0.25, 0.3) is 0 Å². The summed E-state index contributed by atoms with van der Waals surface area (Å²) in [5, 5.41) is 14.4. The topological polar surface area (TPSA) is 120 Å². The van der Waals surface area contributed by atoms with Gasteiger partial charge in [-0.15, -0.1) is 0 Å². The van der Waals surface area contributed by atoms with Gasteiger partial charge >= 0.3 is 5.91 Å². The maximum absolute atomic E-state index is 10.4. The minimum atomic E-state index is -1.44. The van der Waals surface area contributed by atoms with E-state index in [2.05, 4.69) is 10.0 Å². The number of carboxylic acid groups (broad SMARTS) is 1. The molecule has 0 saturated heterocycles. The summed E-state index contributed by atoms with van der Waals surface area (Å²) in [6.45, 7) is -0.0693. The lowest BCUT2D eigenvalue weighted by Crippen LogP contribution is -2.37. The van der Waals surface area contributed by atoms with Crippen molar-refractivity contribution in [2.75, 3.05) is 6.54 Å². The van der Waals surface area contributed by atoms with Gasteiger partial charge in [0.25, 0.3) is 0 Å². The molecule has 0 aliphatic heterocycles. The molecule has 2 amide bonds. The molecule has 0 spiro atoms. The number of carbonyl (C=O) groups excluding carboxylic acids is 2. The molecule has 0 fully saturated rings. The third kappa shape index (κ3) is 6.13. The van der Waals surface area contributed by atoms with Crippen molar-refractivity contribution in [3.63, 3.8) is 0 Å². The molecule has 0 heterocycles. The quantitative estimate of drug-likeness (QED) is 0.379. The minimum absolute atomic E-state index is 0.0693. The first-order chi connectivity index (χ1) is 5.16. The number of rotatable bonds is 3. The van der Waals surface area contributed by atoms with E-state index in [-0.39, 0.29) is 13.0 Å². The van der Waals surface area contributed by atoms with Crippen LogP contribution in [-0.4, -0.2) is 18.5 Å². The van der Waals surface area contributed by atoms with Crippen LogP contribution in [-0.2, 0) is 4.79 Å². The van der Waals surface area contributed by atoms with Crippen molar-refractivity contribution in [1.29, 1.82) is 5.53 Å². The molecule has 0 aliphatic carbocycles. The van der Waals surface area contributed by atoms with Gasteiger partial charge in [-0.25, -0.2) is 0 Å². The first kappa shape index (κ1) is 9.25. The molecule has 0 atom stereocenters. The highest BCUT2D eigenvalue weighted by Crippen LogP contribution is 1.79. The van der Waals surface area contributed by atoms with Crippen LogP contribution in [0.5, 0.6) is 0 Å². The number of nitrogens with zero attached hydrogens (tertiary/aromatic N) is 2. The molecule has 0 radical (unpaired) electrons. The Morgan fingerprint density at radius 1 is 1.64 bits per heavy atom.